The first kappa shape index (κ1) is 20.5. The zero-order valence-electron chi connectivity index (χ0n) is 17.4. The smallest absolute Gasteiger partial charge is 0.320 e. The number of benzene rings is 1. The number of nitrogens with zero attached hydrogens (tertiary/aromatic N) is 3. The number of alkyl halides is 2. The third kappa shape index (κ3) is 4.20. The normalized spacial score (nSPS) is 28.6. The predicted molar refractivity (Wildman–Crippen MR) is 110 cm³/mol. The van der Waals surface area contributed by atoms with Crippen molar-refractivity contribution in [2.45, 2.75) is 43.2 Å². The van der Waals surface area contributed by atoms with Gasteiger partial charge in [-0.2, -0.15) is 0 Å². The highest BCUT2D eigenvalue weighted by molar-refractivity contribution is 5.79. The van der Waals surface area contributed by atoms with Gasteiger partial charge in [-0.05, 0) is 24.1 Å². The number of piperidine rings is 2. The predicted octanol–water partition coefficient (Wildman–Crippen LogP) is 2.03. The standard InChI is InChI=1S/C22H28F2N4O3/c23-22(24)6-9-26(10-7-22)17-3-1-15(2-4-17)16-11-28(12-16)21(30)27-8-5-19-18(13-27)25-20(29)14-31-19/h1-4,16,18-19H,5-14H2,(H,25,29). The largest absolute Gasteiger partial charge is 0.371 e. The van der Waals surface area contributed by atoms with Gasteiger partial charge in [0.1, 0.15) is 6.61 Å². The summed E-state index contributed by atoms with van der Waals surface area (Å²) in [5.41, 5.74) is 2.15. The first-order valence-electron chi connectivity index (χ1n) is 11.1. The molecule has 7 nitrogen and oxygen atoms in total. The second-order valence-electron chi connectivity index (χ2n) is 9.08. The van der Waals surface area contributed by atoms with Gasteiger partial charge in [-0.15, -0.1) is 0 Å². The van der Waals surface area contributed by atoms with Gasteiger partial charge in [0.2, 0.25) is 5.91 Å². The summed E-state index contributed by atoms with van der Waals surface area (Å²) in [5, 5.41) is 2.93. The van der Waals surface area contributed by atoms with E-state index in [-0.39, 0.29) is 43.5 Å². The summed E-state index contributed by atoms with van der Waals surface area (Å²) in [4.78, 5) is 30.1. The number of nitrogens with one attached hydrogen (secondary N) is 1. The molecule has 4 saturated heterocycles. The Hall–Kier alpha value is -2.42. The Morgan fingerprint density at radius 3 is 2.45 bits per heavy atom. The van der Waals surface area contributed by atoms with Crippen molar-refractivity contribution < 1.29 is 23.1 Å². The molecule has 1 aromatic rings. The number of hydrogen-bond donors (Lipinski definition) is 1. The van der Waals surface area contributed by atoms with E-state index in [1.807, 2.05) is 26.8 Å². The van der Waals surface area contributed by atoms with Crippen LogP contribution in [0.3, 0.4) is 0 Å². The molecule has 0 saturated carbocycles. The first-order valence-corrected chi connectivity index (χ1v) is 11.1. The molecule has 5 rings (SSSR count). The molecule has 4 fully saturated rings. The van der Waals surface area contributed by atoms with Crippen molar-refractivity contribution in [2.75, 3.05) is 50.8 Å². The van der Waals surface area contributed by atoms with Crippen LogP contribution < -0.4 is 10.2 Å². The zero-order chi connectivity index (χ0) is 21.6. The first-order chi connectivity index (χ1) is 14.9. The van der Waals surface area contributed by atoms with Gasteiger partial charge in [0.25, 0.3) is 5.92 Å². The second-order valence-corrected chi connectivity index (χ2v) is 9.08. The van der Waals surface area contributed by atoms with Crippen LogP contribution in [0.5, 0.6) is 0 Å². The highest BCUT2D eigenvalue weighted by Crippen LogP contribution is 2.33. The van der Waals surface area contributed by atoms with Crippen molar-refractivity contribution in [3.05, 3.63) is 29.8 Å². The van der Waals surface area contributed by atoms with Crippen LogP contribution in [-0.4, -0.2) is 85.7 Å². The minimum atomic E-state index is -2.54. The molecule has 2 atom stereocenters. The van der Waals surface area contributed by atoms with E-state index in [1.54, 1.807) is 0 Å². The molecule has 2 unspecified atom stereocenters. The molecule has 0 spiro atoms. The Bertz CT molecular complexity index is 834. The molecule has 4 aliphatic rings. The lowest BCUT2D eigenvalue weighted by Gasteiger charge is -2.46. The van der Waals surface area contributed by atoms with E-state index in [9.17, 15) is 18.4 Å². The summed E-state index contributed by atoms with van der Waals surface area (Å²) in [6.07, 6.45) is 0.540. The number of amides is 3. The fraction of sp³-hybridized carbons (Fsp3) is 0.636. The third-order valence-electron chi connectivity index (χ3n) is 6.97. The van der Waals surface area contributed by atoms with Crippen LogP contribution in [0.4, 0.5) is 19.3 Å². The minimum Gasteiger partial charge on any atom is -0.371 e. The maximum atomic E-state index is 13.4. The van der Waals surface area contributed by atoms with Crippen LogP contribution in [0.2, 0.25) is 0 Å². The lowest BCUT2D eigenvalue weighted by molar-refractivity contribution is -0.139. The number of likely N-dealkylation sites (tertiary alicyclic amines) is 2. The monoisotopic (exact) mass is 434 g/mol. The number of carbonyl (C=O) groups is 2. The summed E-state index contributed by atoms with van der Waals surface area (Å²) < 4.78 is 32.3. The molecule has 3 amide bonds. The number of fused-ring (bicyclic) bond motifs is 1. The third-order valence-corrected chi connectivity index (χ3v) is 6.97. The lowest BCUT2D eigenvalue weighted by atomic mass is 9.91. The van der Waals surface area contributed by atoms with Crippen molar-refractivity contribution >= 4 is 17.6 Å². The van der Waals surface area contributed by atoms with E-state index in [1.165, 1.54) is 5.56 Å². The van der Waals surface area contributed by atoms with E-state index in [0.29, 0.717) is 45.2 Å². The molecule has 31 heavy (non-hydrogen) atoms. The molecule has 1 aromatic carbocycles. The van der Waals surface area contributed by atoms with Gasteiger partial charge in [-0.25, -0.2) is 13.6 Å². The number of halogens is 2. The summed E-state index contributed by atoms with van der Waals surface area (Å²) in [6.45, 7) is 3.32. The zero-order valence-corrected chi connectivity index (χ0v) is 17.4. The molecular weight excluding hydrogens is 406 g/mol. The lowest BCUT2D eigenvalue weighted by Crippen LogP contribution is -2.63. The molecule has 4 heterocycles. The van der Waals surface area contributed by atoms with Gasteiger partial charge in [0, 0.05) is 63.7 Å². The molecule has 0 bridgehead atoms. The van der Waals surface area contributed by atoms with Crippen molar-refractivity contribution in [1.82, 2.24) is 15.1 Å². The van der Waals surface area contributed by atoms with Crippen LogP contribution >= 0.6 is 0 Å². The molecule has 9 heteroatoms. The highest BCUT2D eigenvalue weighted by Gasteiger charge is 2.40. The van der Waals surface area contributed by atoms with Crippen molar-refractivity contribution in [2.24, 2.45) is 0 Å². The summed E-state index contributed by atoms with van der Waals surface area (Å²) in [6, 6.07) is 7.99. The van der Waals surface area contributed by atoms with Gasteiger partial charge < -0.3 is 24.8 Å². The van der Waals surface area contributed by atoms with Crippen molar-refractivity contribution in [3.63, 3.8) is 0 Å². The van der Waals surface area contributed by atoms with Gasteiger partial charge in [-0.3, -0.25) is 4.79 Å². The maximum absolute atomic E-state index is 13.4. The number of morpholine rings is 1. The highest BCUT2D eigenvalue weighted by atomic mass is 19.3. The quantitative estimate of drug-likeness (QED) is 0.774. The average molecular weight is 434 g/mol. The average Bonchev–Trinajstić information content (AvgIpc) is 2.72. The molecule has 168 valence electrons. The van der Waals surface area contributed by atoms with Gasteiger partial charge in [0.05, 0.1) is 12.1 Å². The van der Waals surface area contributed by atoms with Gasteiger partial charge in [-0.1, -0.05) is 12.1 Å². The number of rotatable bonds is 2. The number of hydrogen-bond acceptors (Lipinski definition) is 4. The van der Waals surface area contributed by atoms with E-state index in [0.717, 1.165) is 12.1 Å². The Kier molecular flexibility index (Phi) is 5.24. The number of urea groups is 1. The number of ether oxygens (including phenoxy) is 1. The second kappa shape index (κ2) is 7.93. The summed E-state index contributed by atoms with van der Waals surface area (Å²) >= 11 is 0. The molecule has 0 aromatic heterocycles. The SMILES string of the molecule is O=C1COC2CCN(C(=O)N3CC(c4ccc(N5CCC(F)(F)CC5)cc4)C3)CC2N1. The number of anilines is 1. The van der Waals surface area contributed by atoms with E-state index in [2.05, 4.69) is 17.4 Å². The van der Waals surface area contributed by atoms with Gasteiger partial charge in [0.15, 0.2) is 0 Å². The summed E-state index contributed by atoms with van der Waals surface area (Å²) in [5.74, 6) is -2.37. The Morgan fingerprint density at radius 1 is 1.03 bits per heavy atom. The summed E-state index contributed by atoms with van der Waals surface area (Å²) in [7, 11) is 0. The maximum Gasteiger partial charge on any atom is 0.320 e. The Morgan fingerprint density at radius 2 is 1.74 bits per heavy atom. The van der Waals surface area contributed by atoms with E-state index < -0.39 is 5.92 Å². The van der Waals surface area contributed by atoms with Gasteiger partial charge >= 0.3 is 6.03 Å². The van der Waals surface area contributed by atoms with Crippen molar-refractivity contribution in [1.29, 1.82) is 0 Å². The van der Waals surface area contributed by atoms with Crippen LogP contribution in [0.15, 0.2) is 24.3 Å². The van der Waals surface area contributed by atoms with E-state index >= 15 is 0 Å². The fourth-order valence-corrected chi connectivity index (χ4v) is 4.97. The van der Waals surface area contributed by atoms with E-state index in [4.69, 9.17) is 4.74 Å². The van der Waals surface area contributed by atoms with Crippen LogP contribution in [0.25, 0.3) is 0 Å². The molecule has 0 radical (unpaired) electrons. The number of carbonyl (C=O) groups excluding carboxylic acids is 2. The fourth-order valence-electron chi connectivity index (χ4n) is 4.97. The van der Waals surface area contributed by atoms with Crippen LogP contribution in [0.1, 0.15) is 30.7 Å². The Balaban J connectivity index is 1.12. The van der Waals surface area contributed by atoms with Crippen molar-refractivity contribution in [3.8, 4) is 0 Å². The molecule has 4 aliphatic heterocycles. The topological polar surface area (TPSA) is 65.1 Å². The molecular formula is C22H28F2N4O3. The molecule has 0 aliphatic carbocycles. The molecule has 1 N–H and O–H groups in total. The van der Waals surface area contributed by atoms with Crippen LogP contribution in [-0.2, 0) is 9.53 Å². The Labute approximate surface area is 180 Å². The van der Waals surface area contributed by atoms with Crippen LogP contribution in [0, 0.1) is 0 Å². The minimum absolute atomic E-state index is 0.00413.